The van der Waals surface area contributed by atoms with Crippen molar-refractivity contribution in [3.8, 4) is 5.75 Å². The maximum atomic E-state index is 11.7. The van der Waals surface area contributed by atoms with Gasteiger partial charge in [0, 0.05) is 45.8 Å². The summed E-state index contributed by atoms with van der Waals surface area (Å²) >= 11 is 0. The molecule has 120 valence electrons. The summed E-state index contributed by atoms with van der Waals surface area (Å²) in [6, 6.07) is 5.81. The quantitative estimate of drug-likeness (QED) is 0.794. The summed E-state index contributed by atoms with van der Waals surface area (Å²) in [5, 5.41) is 1.89. The highest BCUT2D eigenvalue weighted by Crippen LogP contribution is 2.50. The van der Waals surface area contributed by atoms with E-state index in [0.717, 1.165) is 18.7 Å². The summed E-state index contributed by atoms with van der Waals surface area (Å²) in [5.41, 5.74) is 2.21. The molecule has 2 atom stereocenters. The van der Waals surface area contributed by atoms with Crippen molar-refractivity contribution in [1.82, 2.24) is 9.96 Å². The van der Waals surface area contributed by atoms with Crippen LogP contribution in [-0.4, -0.2) is 57.0 Å². The van der Waals surface area contributed by atoms with Gasteiger partial charge in [0.1, 0.15) is 5.75 Å². The summed E-state index contributed by atoms with van der Waals surface area (Å²) in [5.74, 6) is 0.576. The number of amides is 1. The molecule has 2 heterocycles. The molecule has 0 saturated carbocycles. The Labute approximate surface area is 131 Å². The van der Waals surface area contributed by atoms with E-state index in [1.165, 1.54) is 10.5 Å². The predicted molar refractivity (Wildman–Crippen MR) is 84.0 cm³/mol. The first kappa shape index (κ1) is 15.1. The zero-order valence-electron chi connectivity index (χ0n) is 13.8. The zero-order chi connectivity index (χ0) is 16.1. The van der Waals surface area contributed by atoms with Crippen molar-refractivity contribution in [2.24, 2.45) is 0 Å². The summed E-state index contributed by atoms with van der Waals surface area (Å²) in [6.45, 7) is 3.09. The van der Waals surface area contributed by atoms with Crippen molar-refractivity contribution in [1.29, 1.82) is 0 Å². The lowest BCUT2D eigenvalue weighted by molar-refractivity contribution is -0.226. The van der Waals surface area contributed by atoms with Crippen molar-refractivity contribution in [2.45, 2.75) is 25.0 Å². The molecule has 2 aliphatic heterocycles. The van der Waals surface area contributed by atoms with Crippen LogP contribution in [0.3, 0.4) is 0 Å². The average Bonchev–Trinajstić information content (AvgIpc) is 2.69. The van der Waals surface area contributed by atoms with Crippen LogP contribution in [0.5, 0.6) is 5.75 Å². The van der Waals surface area contributed by atoms with Gasteiger partial charge in [0.15, 0.2) is 6.23 Å². The first-order valence-corrected chi connectivity index (χ1v) is 7.47. The molecule has 0 spiro atoms. The third-order valence-corrected chi connectivity index (χ3v) is 4.66. The molecule has 1 fully saturated rings. The molecule has 1 saturated heterocycles. The summed E-state index contributed by atoms with van der Waals surface area (Å²) < 4.78 is 5.40. The van der Waals surface area contributed by atoms with Crippen LogP contribution in [-0.2, 0) is 10.3 Å². The molecule has 0 bridgehead atoms. The smallest absolute Gasteiger partial charge is 0.410 e. The van der Waals surface area contributed by atoms with Crippen molar-refractivity contribution < 1.29 is 14.4 Å². The number of ether oxygens (including phenoxy) is 1. The van der Waals surface area contributed by atoms with Gasteiger partial charge in [-0.1, -0.05) is 6.92 Å². The average molecular weight is 305 g/mol. The van der Waals surface area contributed by atoms with Crippen molar-refractivity contribution in [3.63, 3.8) is 0 Å². The van der Waals surface area contributed by atoms with Gasteiger partial charge in [-0.25, -0.2) is 4.79 Å². The summed E-state index contributed by atoms with van der Waals surface area (Å²) in [4.78, 5) is 21.3. The molecule has 0 aliphatic carbocycles. The maximum Gasteiger partial charge on any atom is 0.414 e. The second kappa shape index (κ2) is 5.14. The molecular weight excluding hydrogens is 282 g/mol. The Bertz CT molecular complexity index is 604. The number of likely N-dealkylation sites (N-methyl/N-ethyl adjacent to an activating group) is 1. The van der Waals surface area contributed by atoms with Gasteiger partial charge in [-0.3, -0.25) is 4.84 Å². The fraction of sp³-hybridized carbons (Fsp3) is 0.562. The van der Waals surface area contributed by atoms with Gasteiger partial charge in [-0.05, 0) is 30.2 Å². The van der Waals surface area contributed by atoms with E-state index in [2.05, 4.69) is 11.8 Å². The monoisotopic (exact) mass is 305 g/mol. The zero-order valence-corrected chi connectivity index (χ0v) is 13.8. The Morgan fingerprint density at radius 3 is 2.82 bits per heavy atom. The van der Waals surface area contributed by atoms with Crippen LogP contribution < -0.4 is 9.64 Å². The number of nitrogens with zero attached hydrogens (tertiary/aromatic N) is 3. The van der Waals surface area contributed by atoms with Crippen LogP contribution in [0.15, 0.2) is 18.2 Å². The van der Waals surface area contributed by atoms with E-state index >= 15 is 0 Å². The van der Waals surface area contributed by atoms with Crippen molar-refractivity contribution in [3.05, 3.63) is 23.8 Å². The number of carbonyl (C=O) groups is 1. The maximum absolute atomic E-state index is 11.7. The molecule has 2 aliphatic rings. The van der Waals surface area contributed by atoms with E-state index < -0.39 is 0 Å². The highest BCUT2D eigenvalue weighted by atomic mass is 16.7. The van der Waals surface area contributed by atoms with Gasteiger partial charge in [-0.15, -0.1) is 0 Å². The van der Waals surface area contributed by atoms with Crippen molar-refractivity contribution >= 4 is 11.8 Å². The number of fused-ring (bicyclic) bond motifs is 3. The van der Waals surface area contributed by atoms with E-state index in [-0.39, 0.29) is 17.7 Å². The highest BCUT2D eigenvalue weighted by Gasteiger charge is 2.50. The van der Waals surface area contributed by atoms with Crippen LogP contribution in [0, 0.1) is 0 Å². The molecule has 1 aromatic carbocycles. The minimum Gasteiger partial charge on any atom is -0.410 e. The fourth-order valence-electron chi connectivity index (χ4n) is 3.28. The second-order valence-electron chi connectivity index (χ2n) is 6.53. The molecule has 3 rings (SSSR count). The van der Waals surface area contributed by atoms with Crippen LogP contribution in [0.1, 0.15) is 18.9 Å². The Hall–Kier alpha value is -1.79. The standard InChI is InChI=1S/C16H23N3O3/c1-16-8-9-18(4)22-14(16)19(5)13-7-6-11(10-12(13)16)21-15(20)17(2)3/h6-7,10,14H,8-9H2,1-5H3. The van der Waals surface area contributed by atoms with Crippen LogP contribution in [0.4, 0.5) is 10.5 Å². The molecular formula is C16H23N3O3. The number of rotatable bonds is 1. The topological polar surface area (TPSA) is 45.2 Å². The van der Waals surface area contributed by atoms with Gasteiger partial charge in [0.25, 0.3) is 0 Å². The largest absolute Gasteiger partial charge is 0.414 e. The first-order chi connectivity index (χ1) is 10.3. The predicted octanol–water partition coefficient (Wildman–Crippen LogP) is 2.05. The Morgan fingerprint density at radius 1 is 1.41 bits per heavy atom. The highest BCUT2D eigenvalue weighted by molar-refractivity contribution is 5.72. The van der Waals surface area contributed by atoms with Gasteiger partial charge < -0.3 is 14.5 Å². The second-order valence-corrected chi connectivity index (χ2v) is 6.53. The summed E-state index contributed by atoms with van der Waals surface area (Å²) in [6.07, 6.45) is 0.602. The van der Waals surface area contributed by atoms with Gasteiger partial charge in [0.2, 0.25) is 0 Å². The molecule has 6 nitrogen and oxygen atoms in total. The number of hydrogen-bond donors (Lipinski definition) is 0. The van der Waals surface area contributed by atoms with Crippen LogP contribution in [0.25, 0.3) is 0 Å². The lowest BCUT2D eigenvalue weighted by Crippen LogP contribution is -2.52. The van der Waals surface area contributed by atoms with E-state index in [1.807, 2.05) is 37.4 Å². The first-order valence-electron chi connectivity index (χ1n) is 7.47. The van der Waals surface area contributed by atoms with E-state index in [9.17, 15) is 4.79 Å². The molecule has 2 unspecified atom stereocenters. The third-order valence-electron chi connectivity index (χ3n) is 4.66. The van der Waals surface area contributed by atoms with Gasteiger partial charge in [0.05, 0.1) is 0 Å². The minimum atomic E-state index is -0.368. The third kappa shape index (κ3) is 2.23. The SMILES string of the molecule is CN1CCC2(C)c3cc(OC(=O)N(C)C)ccc3N(C)C2O1. The fourth-order valence-corrected chi connectivity index (χ4v) is 3.28. The lowest BCUT2D eigenvalue weighted by Gasteiger charge is -2.42. The number of carbonyl (C=O) groups excluding carboxylic acids is 1. The molecule has 0 radical (unpaired) electrons. The van der Waals surface area contributed by atoms with Gasteiger partial charge >= 0.3 is 6.09 Å². The lowest BCUT2D eigenvalue weighted by atomic mass is 9.79. The molecule has 0 N–H and O–H groups in total. The molecule has 0 aromatic heterocycles. The van der Waals surface area contributed by atoms with Gasteiger partial charge in [-0.2, -0.15) is 5.06 Å². The summed E-state index contributed by atoms with van der Waals surface area (Å²) in [7, 11) is 7.34. The van der Waals surface area contributed by atoms with E-state index in [4.69, 9.17) is 9.57 Å². The molecule has 1 amide bonds. The number of anilines is 1. The normalized spacial score (nSPS) is 27.3. The number of hydrogen-bond acceptors (Lipinski definition) is 5. The van der Waals surface area contributed by atoms with E-state index in [1.54, 1.807) is 14.1 Å². The van der Waals surface area contributed by atoms with E-state index in [0.29, 0.717) is 5.75 Å². The molecule has 6 heteroatoms. The van der Waals surface area contributed by atoms with Crippen LogP contribution in [0.2, 0.25) is 0 Å². The molecule has 1 aromatic rings. The minimum absolute atomic E-state index is 0.0268. The molecule has 22 heavy (non-hydrogen) atoms. The Kier molecular flexibility index (Phi) is 3.53. The van der Waals surface area contributed by atoms with Crippen molar-refractivity contribution in [2.75, 3.05) is 39.6 Å². The Morgan fingerprint density at radius 2 is 2.14 bits per heavy atom. The Balaban J connectivity index is 1.95. The number of benzene rings is 1. The van der Waals surface area contributed by atoms with Crippen LogP contribution >= 0.6 is 0 Å². The number of hydroxylamine groups is 2.